The second-order valence-electron chi connectivity index (χ2n) is 12.2. The molecule has 0 bridgehead atoms. The average molecular weight is 650 g/mol. The zero-order chi connectivity index (χ0) is 29.6. The topological polar surface area (TPSA) is 59.1 Å². The third kappa shape index (κ3) is 12.0. The molecule has 44 heavy (non-hydrogen) atoms. The molecule has 6 nitrogen and oxygen atoms in total. The zero-order valence-corrected chi connectivity index (χ0v) is 28.5. The number of carbonyl (C=O) groups is 2. The molecule has 2 aromatic rings. The first-order valence-electron chi connectivity index (χ1n) is 16.6. The molecule has 2 unspecified atom stereocenters. The summed E-state index contributed by atoms with van der Waals surface area (Å²) in [6.07, 6.45) is 10.6. The van der Waals surface area contributed by atoms with Crippen molar-refractivity contribution in [3.05, 3.63) is 59.7 Å². The number of benzene rings is 2. The second kappa shape index (κ2) is 20.8. The first-order valence-corrected chi connectivity index (χ1v) is 16.6. The molecule has 0 saturated carbocycles. The Labute approximate surface area is 278 Å². The van der Waals surface area contributed by atoms with Gasteiger partial charge in [-0.2, -0.15) is 0 Å². The number of piperidine rings is 2. The van der Waals surface area contributed by atoms with Crippen LogP contribution in [0.1, 0.15) is 98.8 Å². The van der Waals surface area contributed by atoms with Crippen LogP contribution < -0.4 is 9.47 Å². The molecule has 0 amide bonds. The summed E-state index contributed by atoms with van der Waals surface area (Å²) in [4.78, 5) is 32.8. The Balaban J connectivity index is 0.00000337. The van der Waals surface area contributed by atoms with E-state index < -0.39 is 0 Å². The van der Waals surface area contributed by atoms with Gasteiger partial charge < -0.3 is 19.3 Å². The minimum absolute atomic E-state index is 0. The Bertz CT molecular complexity index is 997. The number of Topliss-reactive ketones (excluding diaryl/α,β-unsaturated/α-hetero) is 2. The number of likely N-dealkylation sites (tertiary alicyclic amines) is 2. The van der Waals surface area contributed by atoms with Gasteiger partial charge in [0.2, 0.25) is 0 Å². The van der Waals surface area contributed by atoms with E-state index in [1.807, 2.05) is 48.5 Å². The lowest BCUT2D eigenvalue weighted by atomic mass is 9.85. The van der Waals surface area contributed by atoms with Crippen LogP contribution in [0.5, 0.6) is 11.5 Å². The van der Waals surface area contributed by atoms with Crippen LogP contribution in [0.25, 0.3) is 0 Å². The standard InChI is InChI=1S/C36H52N2O4.2ClH/c1-3-25-41-33-17-13-29(14-18-33)35(39)31(27-37-21-7-5-8-22-37)11-12-32(28-38-23-9-6-10-24-38)36(40)30-15-19-34(20-16-30)42-26-4-2;;/h13-20,31-32H,3-12,21-28H2,1-2H3;2*1H. The molecular formula is C36H54Cl2N2O4. The number of hydrogen-bond acceptors (Lipinski definition) is 6. The number of rotatable bonds is 17. The predicted molar refractivity (Wildman–Crippen MR) is 184 cm³/mol. The van der Waals surface area contributed by atoms with Crippen LogP contribution in [0, 0.1) is 11.8 Å². The Morgan fingerprint density at radius 3 is 1.25 bits per heavy atom. The summed E-state index contributed by atoms with van der Waals surface area (Å²) in [5.41, 5.74) is 1.48. The van der Waals surface area contributed by atoms with Crippen molar-refractivity contribution in [3.63, 3.8) is 0 Å². The van der Waals surface area contributed by atoms with Crippen LogP contribution >= 0.6 is 24.8 Å². The molecule has 2 fully saturated rings. The first-order chi connectivity index (χ1) is 20.6. The molecule has 2 aliphatic heterocycles. The van der Waals surface area contributed by atoms with Crippen LogP contribution in [0.2, 0.25) is 0 Å². The molecule has 2 heterocycles. The Kier molecular flexibility index (Phi) is 18.0. The molecule has 246 valence electrons. The van der Waals surface area contributed by atoms with E-state index in [1.54, 1.807) is 0 Å². The quantitative estimate of drug-likeness (QED) is 0.161. The van der Waals surface area contributed by atoms with Crippen molar-refractivity contribution < 1.29 is 19.1 Å². The molecule has 4 rings (SSSR count). The van der Waals surface area contributed by atoms with Crippen molar-refractivity contribution in [3.8, 4) is 11.5 Å². The van der Waals surface area contributed by atoms with E-state index in [0.717, 1.165) is 74.7 Å². The number of ketones is 2. The van der Waals surface area contributed by atoms with Crippen LogP contribution in [0.4, 0.5) is 0 Å². The van der Waals surface area contributed by atoms with Crippen molar-refractivity contribution in [1.29, 1.82) is 0 Å². The van der Waals surface area contributed by atoms with E-state index in [-0.39, 0.29) is 48.2 Å². The molecule has 0 aromatic heterocycles. The van der Waals surface area contributed by atoms with Crippen molar-refractivity contribution >= 4 is 36.4 Å². The fourth-order valence-corrected chi connectivity index (χ4v) is 6.26. The van der Waals surface area contributed by atoms with Crippen molar-refractivity contribution in [1.82, 2.24) is 9.80 Å². The lowest BCUT2D eigenvalue weighted by Crippen LogP contribution is -2.39. The second-order valence-corrected chi connectivity index (χ2v) is 12.2. The highest BCUT2D eigenvalue weighted by molar-refractivity contribution is 5.99. The maximum Gasteiger partial charge on any atom is 0.167 e. The molecule has 0 N–H and O–H groups in total. The SMILES string of the molecule is CCCOc1ccc(C(=O)C(CCC(CN2CCCCC2)C(=O)c2ccc(OCCC)cc2)CN2CCCCC2)cc1.Cl.Cl. The maximum atomic E-state index is 13.9. The third-order valence-electron chi connectivity index (χ3n) is 8.68. The van der Waals surface area contributed by atoms with Gasteiger partial charge in [-0.3, -0.25) is 9.59 Å². The van der Waals surface area contributed by atoms with Crippen molar-refractivity contribution in [2.75, 3.05) is 52.5 Å². The lowest BCUT2D eigenvalue weighted by molar-refractivity contribution is 0.0793. The van der Waals surface area contributed by atoms with Gasteiger partial charge in [0.05, 0.1) is 13.2 Å². The van der Waals surface area contributed by atoms with Crippen LogP contribution in [0.3, 0.4) is 0 Å². The maximum absolute atomic E-state index is 13.9. The molecule has 2 saturated heterocycles. The molecule has 0 radical (unpaired) electrons. The monoisotopic (exact) mass is 648 g/mol. The van der Waals surface area contributed by atoms with Crippen molar-refractivity contribution in [2.24, 2.45) is 11.8 Å². The van der Waals surface area contributed by atoms with Gasteiger partial charge in [0.15, 0.2) is 11.6 Å². The molecule has 0 aliphatic carbocycles. The largest absolute Gasteiger partial charge is 0.494 e. The molecule has 0 spiro atoms. The highest BCUT2D eigenvalue weighted by Gasteiger charge is 2.29. The Morgan fingerprint density at radius 1 is 0.591 bits per heavy atom. The highest BCUT2D eigenvalue weighted by atomic mass is 35.5. The van der Waals surface area contributed by atoms with Crippen molar-refractivity contribution in [2.45, 2.75) is 78.1 Å². The minimum Gasteiger partial charge on any atom is -0.494 e. The van der Waals surface area contributed by atoms with E-state index >= 15 is 0 Å². The summed E-state index contributed by atoms with van der Waals surface area (Å²) >= 11 is 0. The number of ether oxygens (including phenoxy) is 2. The van der Waals surface area contributed by atoms with E-state index in [2.05, 4.69) is 23.6 Å². The number of nitrogens with zero attached hydrogens (tertiary/aromatic N) is 2. The fraction of sp³-hybridized carbons (Fsp3) is 0.611. The van der Waals surface area contributed by atoms with Crippen LogP contribution in [-0.2, 0) is 0 Å². The summed E-state index contributed by atoms with van der Waals surface area (Å²) in [5.74, 6) is 1.71. The van der Waals surface area contributed by atoms with Gasteiger partial charge in [-0.1, -0.05) is 26.7 Å². The van der Waals surface area contributed by atoms with Gasteiger partial charge >= 0.3 is 0 Å². The van der Waals surface area contributed by atoms with E-state index in [9.17, 15) is 9.59 Å². The Hall–Kier alpha value is -2.12. The van der Waals surface area contributed by atoms with Crippen LogP contribution in [-0.4, -0.2) is 73.8 Å². The average Bonchev–Trinajstić information content (AvgIpc) is 3.05. The molecule has 8 heteroatoms. The molecule has 2 aromatic carbocycles. The number of carbonyl (C=O) groups excluding carboxylic acids is 2. The van der Waals surface area contributed by atoms with Gasteiger partial charge in [-0.05, 0) is 126 Å². The fourth-order valence-electron chi connectivity index (χ4n) is 6.26. The highest BCUT2D eigenvalue weighted by Crippen LogP contribution is 2.26. The zero-order valence-electron chi connectivity index (χ0n) is 26.8. The summed E-state index contributed by atoms with van der Waals surface area (Å²) < 4.78 is 11.5. The third-order valence-corrected chi connectivity index (χ3v) is 8.68. The lowest BCUT2D eigenvalue weighted by Gasteiger charge is -2.32. The predicted octanol–water partition coefficient (Wildman–Crippen LogP) is 8.16. The van der Waals surface area contributed by atoms with Crippen LogP contribution in [0.15, 0.2) is 48.5 Å². The molecular weight excluding hydrogens is 595 g/mol. The van der Waals surface area contributed by atoms with Gasteiger partial charge in [0.25, 0.3) is 0 Å². The first kappa shape index (κ1) is 38.1. The Morgan fingerprint density at radius 2 is 0.932 bits per heavy atom. The minimum atomic E-state index is -0.132. The number of hydrogen-bond donors (Lipinski definition) is 0. The van der Waals surface area contributed by atoms with Gasteiger partial charge in [0, 0.05) is 36.1 Å². The van der Waals surface area contributed by atoms with Gasteiger partial charge in [-0.25, -0.2) is 0 Å². The smallest absolute Gasteiger partial charge is 0.167 e. The summed E-state index contributed by atoms with van der Waals surface area (Å²) in [6, 6.07) is 15.3. The molecule has 2 aliphatic rings. The van der Waals surface area contributed by atoms with E-state index in [0.29, 0.717) is 26.1 Å². The van der Waals surface area contributed by atoms with E-state index in [4.69, 9.17) is 9.47 Å². The number of halogens is 2. The summed E-state index contributed by atoms with van der Waals surface area (Å²) in [7, 11) is 0. The van der Waals surface area contributed by atoms with Gasteiger partial charge in [0.1, 0.15) is 11.5 Å². The van der Waals surface area contributed by atoms with E-state index in [1.165, 1.54) is 38.5 Å². The summed E-state index contributed by atoms with van der Waals surface area (Å²) in [5, 5.41) is 0. The normalized spacial score (nSPS) is 17.0. The van der Waals surface area contributed by atoms with Gasteiger partial charge in [-0.15, -0.1) is 24.8 Å². The molecule has 2 atom stereocenters. The summed E-state index contributed by atoms with van der Waals surface area (Å²) in [6.45, 7) is 11.3.